The second-order valence-electron chi connectivity index (χ2n) is 3.26. The largest absolute Gasteiger partial charge is 0.481 e. The molecule has 96 valence electrons. The van der Waals surface area contributed by atoms with Crippen LogP contribution in [0.2, 0.25) is 0 Å². The molecule has 2 rings (SSSR count). The van der Waals surface area contributed by atoms with Gasteiger partial charge in [-0.05, 0) is 18.0 Å². The SMILES string of the molecule is CCc1nnsc1-c1nnc(SCC(=O)O)n1N. The lowest BCUT2D eigenvalue weighted by Gasteiger charge is -2.01. The molecule has 0 bridgehead atoms. The summed E-state index contributed by atoms with van der Waals surface area (Å²) in [5, 5.41) is 20.7. The third-order valence-corrected chi connectivity index (χ3v) is 3.77. The van der Waals surface area contributed by atoms with Gasteiger partial charge in [-0.1, -0.05) is 23.2 Å². The highest BCUT2D eigenvalue weighted by Gasteiger charge is 2.18. The number of hydrogen-bond acceptors (Lipinski definition) is 8. The number of aryl methyl sites for hydroxylation is 1. The van der Waals surface area contributed by atoms with Crippen molar-refractivity contribution in [3.05, 3.63) is 5.69 Å². The third-order valence-electron chi connectivity index (χ3n) is 2.08. The monoisotopic (exact) mass is 286 g/mol. The van der Waals surface area contributed by atoms with Gasteiger partial charge in [0.2, 0.25) is 5.16 Å². The Hall–Kier alpha value is -1.68. The fourth-order valence-electron chi connectivity index (χ4n) is 1.27. The summed E-state index contributed by atoms with van der Waals surface area (Å²) in [6, 6.07) is 0. The molecule has 0 aromatic carbocycles. The molecule has 10 heteroatoms. The first-order valence-corrected chi connectivity index (χ1v) is 6.76. The van der Waals surface area contributed by atoms with E-state index in [1.165, 1.54) is 16.2 Å². The third kappa shape index (κ3) is 2.43. The van der Waals surface area contributed by atoms with Gasteiger partial charge in [-0.3, -0.25) is 4.79 Å². The predicted molar refractivity (Wildman–Crippen MR) is 66.8 cm³/mol. The number of rotatable bonds is 5. The molecule has 0 spiro atoms. The second-order valence-corrected chi connectivity index (χ2v) is 4.96. The molecular weight excluding hydrogens is 276 g/mol. The van der Waals surface area contributed by atoms with Crippen LogP contribution >= 0.6 is 23.3 Å². The lowest BCUT2D eigenvalue weighted by atomic mass is 10.3. The number of aliphatic carboxylic acids is 1. The normalized spacial score (nSPS) is 10.7. The number of thioether (sulfide) groups is 1. The lowest BCUT2D eigenvalue weighted by molar-refractivity contribution is -0.133. The average molecular weight is 286 g/mol. The van der Waals surface area contributed by atoms with Crippen molar-refractivity contribution in [3.63, 3.8) is 0 Å². The molecule has 0 fully saturated rings. The molecule has 0 aliphatic carbocycles. The van der Waals surface area contributed by atoms with E-state index < -0.39 is 5.97 Å². The van der Waals surface area contributed by atoms with Gasteiger partial charge in [0.15, 0.2) is 5.82 Å². The van der Waals surface area contributed by atoms with Gasteiger partial charge in [0, 0.05) is 0 Å². The van der Waals surface area contributed by atoms with Gasteiger partial charge in [0.1, 0.15) is 4.88 Å². The molecule has 8 nitrogen and oxygen atoms in total. The van der Waals surface area contributed by atoms with Crippen molar-refractivity contribution >= 4 is 29.3 Å². The summed E-state index contributed by atoms with van der Waals surface area (Å²) in [6.07, 6.45) is 0.719. The number of carbonyl (C=O) groups is 1. The Kier molecular flexibility index (Phi) is 3.77. The standard InChI is InChI=1S/C8H10N6O2S2/c1-2-4-6(18-13-10-4)7-11-12-8(14(7)9)17-3-5(15)16/h2-3,9H2,1H3,(H,15,16). The summed E-state index contributed by atoms with van der Waals surface area (Å²) in [5.74, 6) is 5.24. The Morgan fingerprint density at radius 2 is 2.28 bits per heavy atom. The molecule has 0 aliphatic heterocycles. The minimum atomic E-state index is -0.932. The smallest absolute Gasteiger partial charge is 0.313 e. The highest BCUT2D eigenvalue weighted by molar-refractivity contribution is 7.99. The summed E-state index contributed by atoms with van der Waals surface area (Å²) in [6.45, 7) is 1.96. The summed E-state index contributed by atoms with van der Waals surface area (Å²) < 4.78 is 5.11. The number of aromatic nitrogens is 5. The fourth-order valence-corrected chi connectivity index (χ4v) is 2.58. The van der Waals surface area contributed by atoms with Crippen molar-refractivity contribution in [2.75, 3.05) is 11.6 Å². The Morgan fingerprint density at radius 1 is 1.50 bits per heavy atom. The molecule has 2 aromatic heterocycles. The summed E-state index contributed by atoms with van der Waals surface area (Å²) >= 11 is 2.20. The number of nitrogens with two attached hydrogens (primary N) is 1. The van der Waals surface area contributed by atoms with Crippen molar-refractivity contribution in [2.24, 2.45) is 0 Å². The van der Waals surface area contributed by atoms with E-state index >= 15 is 0 Å². The van der Waals surface area contributed by atoms with Gasteiger partial charge in [-0.25, -0.2) is 4.68 Å². The van der Waals surface area contributed by atoms with Gasteiger partial charge in [-0.2, -0.15) is 0 Å². The highest BCUT2D eigenvalue weighted by Crippen LogP contribution is 2.26. The van der Waals surface area contributed by atoms with Crippen LogP contribution in [0.1, 0.15) is 12.6 Å². The highest BCUT2D eigenvalue weighted by atomic mass is 32.2. The summed E-state index contributed by atoms with van der Waals surface area (Å²) in [7, 11) is 0. The average Bonchev–Trinajstić information content (AvgIpc) is 2.92. The molecule has 0 aliphatic rings. The van der Waals surface area contributed by atoms with Crippen molar-refractivity contribution < 1.29 is 9.90 Å². The minimum absolute atomic E-state index is 0.114. The van der Waals surface area contributed by atoms with E-state index in [2.05, 4.69) is 19.8 Å². The lowest BCUT2D eigenvalue weighted by Crippen LogP contribution is -2.12. The van der Waals surface area contributed by atoms with Crippen LogP contribution in [0.5, 0.6) is 0 Å². The molecule has 3 N–H and O–H groups in total. The van der Waals surface area contributed by atoms with E-state index in [1.54, 1.807) is 0 Å². The molecule has 0 radical (unpaired) electrons. The number of carboxylic acid groups (broad SMARTS) is 1. The van der Waals surface area contributed by atoms with E-state index in [9.17, 15) is 4.79 Å². The molecule has 0 atom stereocenters. The van der Waals surface area contributed by atoms with Crippen molar-refractivity contribution in [3.8, 4) is 10.7 Å². The molecular formula is C8H10N6O2S2. The second kappa shape index (κ2) is 5.31. The van der Waals surface area contributed by atoms with Crippen LogP contribution in [0.25, 0.3) is 10.7 Å². The summed E-state index contributed by atoms with van der Waals surface area (Å²) in [5.41, 5.74) is 0.800. The maximum absolute atomic E-state index is 10.5. The van der Waals surface area contributed by atoms with E-state index in [0.717, 1.165) is 28.8 Å². The Morgan fingerprint density at radius 3 is 2.94 bits per heavy atom. The molecule has 2 aromatic rings. The zero-order valence-electron chi connectivity index (χ0n) is 9.40. The van der Waals surface area contributed by atoms with E-state index in [4.69, 9.17) is 10.9 Å². The van der Waals surface area contributed by atoms with Crippen LogP contribution in [0.3, 0.4) is 0 Å². The first kappa shape index (κ1) is 12.8. The minimum Gasteiger partial charge on any atom is -0.481 e. The van der Waals surface area contributed by atoms with Gasteiger partial charge in [-0.15, -0.1) is 15.3 Å². The van der Waals surface area contributed by atoms with Crippen LogP contribution in [-0.4, -0.2) is 41.3 Å². The topological polar surface area (TPSA) is 120 Å². The maximum atomic E-state index is 10.5. The van der Waals surface area contributed by atoms with Crippen LogP contribution in [0, 0.1) is 0 Å². The zero-order valence-corrected chi connectivity index (χ0v) is 11.0. The first-order chi connectivity index (χ1) is 8.63. The van der Waals surface area contributed by atoms with E-state index in [1.807, 2.05) is 6.92 Å². The van der Waals surface area contributed by atoms with Crippen LogP contribution in [-0.2, 0) is 11.2 Å². The number of nitrogens with zero attached hydrogens (tertiary/aromatic N) is 5. The molecule has 0 saturated carbocycles. The van der Waals surface area contributed by atoms with Crippen molar-refractivity contribution in [1.29, 1.82) is 0 Å². The molecule has 0 saturated heterocycles. The number of nitrogen functional groups attached to an aromatic ring is 1. The predicted octanol–water partition coefficient (Wildman–Crippen LogP) is 0.250. The van der Waals surface area contributed by atoms with Crippen LogP contribution in [0.15, 0.2) is 5.16 Å². The fraction of sp³-hybridized carbons (Fsp3) is 0.375. The van der Waals surface area contributed by atoms with Gasteiger partial charge in [0.25, 0.3) is 0 Å². The Bertz CT molecular complexity index is 566. The van der Waals surface area contributed by atoms with E-state index in [-0.39, 0.29) is 5.75 Å². The van der Waals surface area contributed by atoms with Crippen LogP contribution < -0.4 is 5.84 Å². The number of hydrogen-bond donors (Lipinski definition) is 2. The molecule has 0 unspecified atom stereocenters. The zero-order chi connectivity index (χ0) is 13.1. The van der Waals surface area contributed by atoms with Gasteiger partial charge < -0.3 is 10.9 Å². The van der Waals surface area contributed by atoms with Gasteiger partial charge >= 0.3 is 5.97 Å². The molecule has 2 heterocycles. The summed E-state index contributed by atoms with van der Waals surface area (Å²) in [4.78, 5) is 11.2. The quantitative estimate of drug-likeness (QED) is 0.593. The Labute approximate surface area is 110 Å². The van der Waals surface area contributed by atoms with Crippen LogP contribution in [0.4, 0.5) is 0 Å². The van der Waals surface area contributed by atoms with Crippen molar-refractivity contribution in [2.45, 2.75) is 18.5 Å². The van der Waals surface area contributed by atoms with Crippen molar-refractivity contribution in [1.82, 2.24) is 24.5 Å². The molecule has 18 heavy (non-hydrogen) atoms. The van der Waals surface area contributed by atoms with E-state index in [0.29, 0.717) is 11.0 Å². The van der Waals surface area contributed by atoms with Gasteiger partial charge in [0.05, 0.1) is 11.4 Å². The number of carboxylic acids is 1. The first-order valence-electron chi connectivity index (χ1n) is 5.00. The maximum Gasteiger partial charge on any atom is 0.313 e. The molecule has 0 amide bonds. The Balaban J connectivity index is 2.28.